The van der Waals surface area contributed by atoms with Gasteiger partial charge in [-0.15, -0.1) is 0 Å². The lowest BCUT2D eigenvalue weighted by molar-refractivity contribution is -0.117. The van der Waals surface area contributed by atoms with Crippen LogP contribution in [0.5, 0.6) is 0 Å². The summed E-state index contributed by atoms with van der Waals surface area (Å²) >= 11 is 0. The molecule has 0 aliphatic carbocycles. The SMILES string of the molecule is CN(C)CCCNCC(=O)N(C)c1ccccc1. The molecule has 1 amide bonds. The Balaban J connectivity index is 2.25. The summed E-state index contributed by atoms with van der Waals surface area (Å²) in [5.74, 6) is 0.0889. The summed E-state index contributed by atoms with van der Waals surface area (Å²) in [7, 11) is 5.90. The van der Waals surface area contributed by atoms with Crippen molar-refractivity contribution < 1.29 is 4.79 Å². The van der Waals surface area contributed by atoms with E-state index < -0.39 is 0 Å². The van der Waals surface area contributed by atoms with E-state index in [1.165, 1.54) is 0 Å². The molecule has 18 heavy (non-hydrogen) atoms. The van der Waals surface area contributed by atoms with Gasteiger partial charge in [-0.25, -0.2) is 0 Å². The molecule has 0 fully saturated rings. The van der Waals surface area contributed by atoms with Gasteiger partial charge in [0.2, 0.25) is 5.91 Å². The molecule has 1 rings (SSSR count). The lowest BCUT2D eigenvalue weighted by atomic mass is 10.3. The molecule has 0 aliphatic heterocycles. The van der Waals surface area contributed by atoms with Crippen LogP contribution < -0.4 is 10.2 Å². The van der Waals surface area contributed by atoms with Gasteiger partial charge in [-0.05, 0) is 45.7 Å². The first kappa shape index (κ1) is 14.7. The minimum absolute atomic E-state index is 0.0889. The van der Waals surface area contributed by atoms with Crippen molar-refractivity contribution in [1.82, 2.24) is 10.2 Å². The summed E-state index contributed by atoms with van der Waals surface area (Å²) in [5, 5.41) is 3.17. The number of benzene rings is 1. The molecule has 1 aromatic rings. The van der Waals surface area contributed by atoms with E-state index in [0.717, 1.165) is 25.2 Å². The fraction of sp³-hybridized carbons (Fsp3) is 0.500. The fourth-order valence-corrected chi connectivity index (χ4v) is 1.63. The molecule has 0 heterocycles. The van der Waals surface area contributed by atoms with Crippen molar-refractivity contribution in [3.05, 3.63) is 30.3 Å². The zero-order valence-electron chi connectivity index (χ0n) is 11.5. The summed E-state index contributed by atoms with van der Waals surface area (Å²) in [5.41, 5.74) is 0.928. The molecule has 0 spiro atoms. The maximum atomic E-state index is 11.9. The number of nitrogens with zero attached hydrogens (tertiary/aromatic N) is 2. The third-order valence-corrected chi connectivity index (χ3v) is 2.75. The lowest BCUT2D eigenvalue weighted by Gasteiger charge is -2.17. The third kappa shape index (κ3) is 5.29. The average Bonchev–Trinajstić information content (AvgIpc) is 2.38. The summed E-state index contributed by atoms with van der Waals surface area (Å²) in [6.07, 6.45) is 1.05. The van der Waals surface area contributed by atoms with Crippen molar-refractivity contribution in [2.24, 2.45) is 0 Å². The number of likely N-dealkylation sites (N-methyl/N-ethyl adjacent to an activating group) is 1. The lowest BCUT2D eigenvalue weighted by Crippen LogP contribution is -2.36. The second kappa shape index (κ2) is 7.84. The van der Waals surface area contributed by atoms with Crippen LogP contribution in [0.4, 0.5) is 5.69 Å². The van der Waals surface area contributed by atoms with Crippen LogP contribution in [0.15, 0.2) is 30.3 Å². The van der Waals surface area contributed by atoms with Crippen molar-refractivity contribution in [1.29, 1.82) is 0 Å². The van der Waals surface area contributed by atoms with E-state index in [9.17, 15) is 4.79 Å². The molecular weight excluding hydrogens is 226 g/mol. The zero-order chi connectivity index (χ0) is 13.4. The highest BCUT2D eigenvalue weighted by molar-refractivity contribution is 5.94. The Hall–Kier alpha value is -1.39. The summed E-state index contributed by atoms with van der Waals surface area (Å²) < 4.78 is 0. The molecular formula is C14H23N3O. The highest BCUT2D eigenvalue weighted by atomic mass is 16.2. The number of carbonyl (C=O) groups excluding carboxylic acids is 1. The topological polar surface area (TPSA) is 35.6 Å². The molecule has 1 N–H and O–H groups in total. The van der Waals surface area contributed by atoms with Gasteiger partial charge in [0.05, 0.1) is 6.54 Å². The molecule has 4 heteroatoms. The molecule has 0 aromatic heterocycles. The van der Waals surface area contributed by atoms with Crippen LogP contribution >= 0.6 is 0 Å². The monoisotopic (exact) mass is 249 g/mol. The number of carbonyl (C=O) groups is 1. The molecule has 4 nitrogen and oxygen atoms in total. The zero-order valence-corrected chi connectivity index (χ0v) is 11.5. The van der Waals surface area contributed by atoms with Crippen molar-refractivity contribution in [3.63, 3.8) is 0 Å². The number of hydrogen-bond donors (Lipinski definition) is 1. The van der Waals surface area contributed by atoms with E-state index >= 15 is 0 Å². The van der Waals surface area contributed by atoms with Crippen LogP contribution in [0.2, 0.25) is 0 Å². The van der Waals surface area contributed by atoms with E-state index in [2.05, 4.69) is 10.2 Å². The van der Waals surface area contributed by atoms with Gasteiger partial charge in [0.25, 0.3) is 0 Å². The van der Waals surface area contributed by atoms with Crippen LogP contribution in [-0.2, 0) is 4.79 Å². The van der Waals surface area contributed by atoms with E-state index in [1.54, 1.807) is 11.9 Å². The summed E-state index contributed by atoms with van der Waals surface area (Å²) in [4.78, 5) is 15.7. The highest BCUT2D eigenvalue weighted by Crippen LogP contribution is 2.10. The third-order valence-electron chi connectivity index (χ3n) is 2.75. The maximum absolute atomic E-state index is 11.9. The van der Waals surface area contributed by atoms with Gasteiger partial charge in [-0.3, -0.25) is 4.79 Å². The van der Waals surface area contributed by atoms with Crippen molar-refractivity contribution in [2.75, 3.05) is 45.7 Å². The Morgan fingerprint density at radius 1 is 1.17 bits per heavy atom. The van der Waals surface area contributed by atoms with Gasteiger partial charge < -0.3 is 15.1 Å². The second-order valence-electron chi connectivity index (χ2n) is 4.62. The smallest absolute Gasteiger partial charge is 0.240 e. The first-order valence-electron chi connectivity index (χ1n) is 6.28. The normalized spacial score (nSPS) is 10.7. The van der Waals surface area contributed by atoms with E-state index in [4.69, 9.17) is 0 Å². The first-order valence-corrected chi connectivity index (χ1v) is 6.28. The van der Waals surface area contributed by atoms with Gasteiger partial charge in [0, 0.05) is 12.7 Å². The molecule has 0 atom stereocenters. The van der Waals surface area contributed by atoms with E-state index in [1.807, 2.05) is 44.4 Å². The van der Waals surface area contributed by atoms with Crippen LogP contribution in [0.1, 0.15) is 6.42 Å². The molecule has 0 radical (unpaired) electrons. The first-order chi connectivity index (χ1) is 8.61. The Labute approximate surface area is 110 Å². The highest BCUT2D eigenvalue weighted by Gasteiger charge is 2.09. The van der Waals surface area contributed by atoms with Crippen LogP contribution in [0.3, 0.4) is 0 Å². The van der Waals surface area contributed by atoms with Crippen LogP contribution in [0.25, 0.3) is 0 Å². The number of rotatable bonds is 7. The van der Waals surface area contributed by atoms with Crippen molar-refractivity contribution >= 4 is 11.6 Å². The van der Waals surface area contributed by atoms with Crippen molar-refractivity contribution in [3.8, 4) is 0 Å². The van der Waals surface area contributed by atoms with E-state index in [-0.39, 0.29) is 5.91 Å². The summed E-state index contributed by atoms with van der Waals surface area (Å²) in [6, 6.07) is 9.68. The van der Waals surface area contributed by atoms with Gasteiger partial charge >= 0.3 is 0 Å². The number of amides is 1. The van der Waals surface area contributed by atoms with Gasteiger partial charge in [-0.1, -0.05) is 18.2 Å². The molecule has 0 bridgehead atoms. The average molecular weight is 249 g/mol. The number of para-hydroxylation sites is 1. The van der Waals surface area contributed by atoms with Gasteiger partial charge in [0.1, 0.15) is 0 Å². The molecule has 1 aromatic carbocycles. The molecule has 0 saturated heterocycles. The standard InChI is InChI=1S/C14H23N3O/c1-16(2)11-7-10-15-12-14(18)17(3)13-8-5-4-6-9-13/h4-6,8-9,15H,7,10-12H2,1-3H3. The van der Waals surface area contributed by atoms with Gasteiger partial charge in [0.15, 0.2) is 0 Å². The van der Waals surface area contributed by atoms with Crippen LogP contribution in [-0.4, -0.2) is 51.6 Å². The Morgan fingerprint density at radius 3 is 2.44 bits per heavy atom. The predicted octanol–water partition coefficient (Wildman–Crippen LogP) is 1.19. The molecule has 0 aliphatic rings. The molecule has 100 valence electrons. The number of anilines is 1. The fourth-order valence-electron chi connectivity index (χ4n) is 1.63. The number of nitrogens with one attached hydrogen (secondary N) is 1. The Bertz CT molecular complexity index is 351. The van der Waals surface area contributed by atoms with Crippen molar-refractivity contribution in [2.45, 2.75) is 6.42 Å². The Morgan fingerprint density at radius 2 is 1.83 bits per heavy atom. The minimum Gasteiger partial charge on any atom is -0.314 e. The second-order valence-corrected chi connectivity index (χ2v) is 4.62. The van der Waals surface area contributed by atoms with E-state index in [0.29, 0.717) is 6.54 Å². The summed E-state index contributed by atoms with van der Waals surface area (Å²) in [6.45, 7) is 2.29. The Kier molecular flexibility index (Phi) is 6.39. The number of hydrogen-bond acceptors (Lipinski definition) is 3. The minimum atomic E-state index is 0.0889. The largest absolute Gasteiger partial charge is 0.314 e. The van der Waals surface area contributed by atoms with Crippen LogP contribution in [0, 0.1) is 0 Å². The molecule has 0 unspecified atom stereocenters. The quantitative estimate of drug-likeness (QED) is 0.737. The maximum Gasteiger partial charge on any atom is 0.240 e. The molecule has 0 saturated carbocycles. The predicted molar refractivity (Wildman–Crippen MR) is 75.9 cm³/mol. The van der Waals surface area contributed by atoms with Gasteiger partial charge in [-0.2, -0.15) is 0 Å².